The van der Waals surface area contributed by atoms with Crippen LogP contribution in [0.5, 0.6) is 0 Å². The molecule has 0 saturated carbocycles. The molecule has 240 valence electrons. The van der Waals surface area contributed by atoms with Gasteiger partial charge in [-0.1, -0.05) is 0 Å². The van der Waals surface area contributed by atoms with Gasteiger partial charge in [0.05, 0.1) is 31.7 Å². The van der Waals surface area contributed by atoms with Crippen LogP contribution in [-0.4, -0.2) is 119 Å². The molecule has 43 heavy (non-hydrogen) atoms. The smallest absolute Gasteiger partial charge is 0.351 e. The molecular formula is C23H40N10O8P2. The van der Waals surface area contributed by atoms with Gasteiger partial charge in [-0.15, -0.1) is 0 Å². The third kappa shape index (κ3) is 8.79. The van der Waals surface area contributed by atoms with E-state index in [1.165, 1.54) is 43.0 Å². The Bertz CT molecular complexity index is 1440. The van der Waals surface area contributed by atoms with Crippen LogP contribution in [0.3, 0.4) is 0 Å². The largest absolute Gasteiger partial charge is 0.383 e. The van der Waals surface area contributed by atoms with Gasteiger partial charge in [-0.3, -0.25) is 23.2 Å². The molecule has 2 aromatic heterocycles. The Morgan fingerprint density at radius 2 is 1.58 bits per heavy atom. The summed E-state index contributed by atoms with van der Waals surface area (Å²) in [5.41, 5.74) is 10.1. The van der Waals surface area contributed by atoms with Crippen LogP contribution in [0.1, 0.15) is 12.5 Å². The summed E-state index contributed by atoms with van der Waals surface area (Å²) in [5, 5.41) is 3.20. The minimum Gasteiger partial charge on any atom is -0.383 e. The van der Waals surface area contributed by atoms with Crippen molar-refractivity contribution in [2.75, 3.05) is 85.3 Å². The summed E-state index contributed by atoms with van der Waals surface area (Å²) in [4.78, 5) is 34.3. The molecule has 4 rings (SSSR count). The van der Waals surface area contributed by atoms with Crippen molar-refractivity contribution in [1.29, 1.82) is 0 Å². The second-order valence-electron chi connectivity index (χ2n) is 10.6. The number of nitrogen functional groups attached to an aromatic ring is 2. The van der Waals surface area contributed by atoms with E-state index in [0.29, 0.717) is 13.1 Å². The molecule has 2 fully saturated rings. The molecule has 6 atom stereocenters. The SMILES string of the molecule is CN(C)[PH](=O)OC[C@@H]1CN(CP(=O)(OC[C@@H]2CNC[C@H](n3ccc(N)nc3=O)O2)N(C)C)C[C@H](n2ccc(N)nc2=O)O1. The number of nitrogens with zero attached hydrogens (tertiary/aromatic N) is 7. The van der Waals surface area contributed by atoms with E-state index in [1.807, 2.05) is 4.90 Å². The molecule has 0 aliphatic carbocycles. The molecule has 18 nitrogen and oxygen atoms in total. The van der Waals surface area contributed by atoms with Crippen molar-refractivity contribution in [3.63, 3.8) is 0 Å². The number of nitrogens with two attached hydrogens (primary N) is 2. The molecule has 0 amide bonds. The van der Waals surface area contributed by atoms with Crippen molar-refractivity contribution in [3.05, 3.63) is 45.5 Å². The minimum atomic E-state index is -3.48. The highest BCUT2D eigenvalue weighted by molar-refractivity contribution is 7.56. The maximum atomic E-state index is 14.2. The Labute approximate surface area is 249 Å². The molecule has 4 heterocycles. The first-order valence-electron chi connectivity index (χ1n) is 13.5. The molecule has 5 N–H and O–H groups in total. The van der Waals surface area contributed by atoms with Gasteiger partial charge in [-0.2, -0.15) is 9.97 Å². The van der Waals surface area contributed by atoms with Gasteiger partial charge in [0.15, 0.2) is 12.5 Å². The number of anilines is 2. The first kappa shape index (κ1) is 33.4. The molecule has 2 saturated heterocycles. The van der Waals surface area contributed by atoms with Crippen LogP contribution < -0.4 is 28.2 Å². The predicted octanol–water partition coefficient (Wildman–Crippen LogP) is -0.952. The van der Waals surface area contributed by atoms with Crippen molar-refractivity contribution in [2.45, 2.75) is 24.7 Å². The van der Waals surface area contributed by atoms with Gasteiger partial charge >= 0.3 is 11.4 Å². The zero-order valence-corrected chi connectivity index (χ0v) is 26.5. The summed E-state index contributed by atoms with van der Waals surface area (Å²) < 4.78 is 55.8. The third-order valence-corrected chi connectivity index (χ3v) is 10.5. The van der Waals surface area contributed by atoms with E-state index in [4.69, 9.17) is 30.0 Å². The zero-order valence-electron chi connectivity index (χ0n) is 24.6. The summed E-state index contributed by atoms with van der Waals surface area (Å²) in [6.45, 7) is 1.19. The number of morpholine rings is 2. The number of nitrogens with one attached hydrogen (secondary N) is 1. The van der Waals surface area contributed by atoms with Crippen LogP contribution in [-0.2, 0) is 27.7 Å². The quantitative estimate of drug-likeness (QED) is 0.237. The molecule has 2 aromatic rings. The highest BCUT2D eigenvalue weighted by Crippen LogP contribution is 2.50. The Balaban J connectivity index is 1.46. The van der Waals surface area contributed by atoms with E-state index in [-0.39, 0.29) is 44.2 Å². The highest BCUT2D eigenvalue weighted by atomic mass is 31.2. The van der Waals surface area contributed by atoms with Gasteiger partial charge < -0.3 is 35.3 Å². The number of hydrogen-bond donors (Lipinski definition) is 3. The van der Waals surface area contributed by atoms with Gasteiger partial charge in [-0.05, 0) is 40.3 Å². The summed E-state index contributed by atoms with van der Waals surface area (Å²) in [6, 6.07) is 2.99. The van der Waals surface area contributed by atoms with E-state index >= 15 is 0 Å². The summed E-state index contributed by atoms with van der Waals surface area (Å²) >= 11 is 0. The lowest BCUT2D eigenvalue weighted by atomic mass is 10.3. The molecular weight excluding hydrogens is 606 g/mol. The van der Waals surface area contributed by atoms with Crippen molar-refractivity contribution in [1.82, 2.24) is 38.7 Å². The number of ether oxygens (including phenoxy) is 2. The van der Waals surface area contributed by atoms with E-state index in [1.54, 1.807) is 28.2 Å². The van der Waals surface area contributed by atoms with Crippen LogP contribution >= 0.6 is 15.7 Å². The van der Waals surface area contributed by atoms with Gasteiger partial charge in [0.1, 0.15) is 11.6 Å². The van der Waals surface area contributed by atoms with Crippen molar-refractivity contribution >= 4 is 27.3 Å². The Morgan fingerprint density at radius 1 is 0.977 bits per heavy atom. The standard InChI is InChI=1S/C23H40N10O8P2/c1-29(2)42(36)38-13-17-11-31(12-21(41-17)33-8-6-19(25)28-23(33)35)15-43(37,30(3)4)39-14-16-9-26-10-20(40-16)32-7-5-18(24)27-22(32)34/h5-8,16-17,20-21,26,42H,9-15H2,1-4H3,(H2,24,27,34)(H2,25,28,35)/t16-,17-,20+,21+,43?/m0/s1. The van der Waals surface area contributed by atoms with Crippen molar-refractivity contribution in [3.8, 4) is 0 Å². The van der Waals surface area contributed by atoms with Crippen LogP contribution in [0.25, 0.3) is 0 Å². The van der Waals surface area contributed by atoms with Crippen LogP contribution in [0.2, 0.25) is 0 Å². The fourth-order valence-corrected chi connectivity index (χ4v) is 6.81. The molecule has 2 aliphatic rings. The van der Waals surface area contributed by atoms with Gasteiger partial charge in [0, 0.05) is 38.6 Å². The summed E-state index contributed by atoms with van der Waals surface area (Å²) in [7, 11) is 0.636. The summed E-state index contributed by atoms with van der Waals surface area (Å²) in [6.07, 6.45) is 0.401. The van der Waals surface area contributed by atoms with E-state index in [9.17, 15) is 18.7 Å². The topological polar surface area (TPSA) is 215 Å². The molecule has 0 spiro atoms. The lowest BCUT2D eigenvalue weighted by Gasteiger charge is -2.40. The molecule has 2 aliphatic heterocycles. The molecule has 0 aromatic carbocycles. The Hall–Kier alpha value is -2.50. The Kier molecular flexibility index (Phi) is 11.3. The maximum Gasteiger partial charge on any atom is 0.351 e. The second-order valence-corrected chi connectivity index (χ2v) is 14.9. The molecule has 20 heteroatoms. The minimum absolute atomic E-state index is 0.0126. The van der Waals surface area contributed by atoms with Crippen LogP contribution in [0.4, 0.5) is 11.6 Å². The van der Waals surface area contributed by atoms with Gasteiger partial charge in [0.2, 0.25) is 0 Å². The zero-order chi connectivity index (χ0) is 31.3. The number of aromatic nitrogens is 4. The first-order valence-corrected chi connectivity index (χ1v) is 16.6. The number of rotatable bonds is 12. The highest BCUT2D eigenvalue weighted by Gasteiger charge is 2.37. The fourth-order valence-electron chi connectivity index (χ4n) is 4.52. The van der Waals surface area contributed by atoms with E-state index in [2.05, 4.69) is 15.3 Å². The van der Waals surface area contributed by atoms with Crippen molar-refractivity contribution in [2.24, 2.45) is 0 Å². The maximum absolute atomic E-state index is 14.2. The average molecular weight is 647 g/mol. The fraction of sp³-hybridized carbons (Fsp3) is 0.652. The summed E-state index contributed by atoms with van der Waals surface area (Å²) in [5.74, 6) is 0.184. The van der Waals surface area contributed by atoms with Crippen LogP contribution in [0, 0.1) is 0 Å². The van der Waals surface area contributed by atoms with Gasteiger partial charge in [0.25, 0.3) is 15.7 Å². The first-order chi connectivity index (χ1) is 20.3. The molecule has 0 radical (unpaired) electrons. The van der Waals surface area contributed by atoms with Gasteiger partial charge in [-0.25, -0.2) is 18.9 Å². The predicted molar refractivity (Wildman–Crippen MR) is 159 cm³/mol. The second kappa shape index (κ2) is 14.5. The van der Waals surface area contributed by atoms with E-state index < -0.39 is 51.7 Å². The number of hydrogen-bond acceptors (Lipinski definition) is 14. The normalized spacial score (nSPS) is 25.5. The lowest BCUT2D eigenvalue weighted by molar-refractivity contribution is -0.130. The third-order valence-electron chi connectivity index (χ3n) is 6.80. The monoisotopic (exact) mass is 646 g/mol. The van der Waals surface area contributed by atoms with E-state index in [0.717, 1.165) is 0 Å². The molecule has 0 bridgehead atoms. The lowest BCUT2D eigenvalue weighted by Crippen LogP contribution is -2.50. The average Bonchev–Trinajstić information content (AvgIpc) is 2.94. The van der Waals surface area contributed by atoms with Crippen molar-refractivity contribution < 1.29 is 27.7 Å². The Morgan fingerprint density at radius 3 is 2.16 bits per heavy atom. The van der Waals surface area contributed by atoms with Crippen LogP contribution in [0.15, 0.2) is 34.1 Å². The molecule has 2 unspecified atom stereocenters.